The SMILES string of the molecule is Cc1c(F)cccc1C=NNC(N)=S. The molecule has 0 unspecified atom stereocenters. The zero-order chi connectivity index (χ0) is 10.6. The lowest BCUT2D eigenvalue weighted by Crippen LogP contribution is -2.24. The second-order valence-electron chi connectivity index (χ2n) is 2.69. The van der Waals surface area contributed by atoms with Crippen LogP contribution in [0.2, 0.25) is 0 Å². The van der Waals surface area contributed by atoms with Crippen molar-refractivity contribution in [1.82, 2.24) is 5.43 Å². The molecule has 0 amide bonds. The van der Waals surface area contributed by atoms with Crippen LogP contribution in [-0.2, 0) is 0 Å². The summed E-state index contributed by atoms with van der Waals surface area (Å²) in [5, 5.41) is 3.81. The average molecular weight is 211 g/mol. The van der Waals surface area contributed by atoms with E-state index in [1.54, 1.807) is 19.1 Å². The maximum atomic E-state index is 13.0. The molecule has 1 aromatic carbocycles. The minimum absolute atomic E-state index is 0.0790. The largest absolute Gasteiger partial charge is 0.375 e. The van der Waals surface area contributed by atoms with Gasteiger partial charge < -0.3 is 5.73 Å². The Hall–Kier alpha value is -1.49. The molecule has 0 aliphatic rings. The average Bonchev–Trinajstić information content (AvgIpc) is 2.12. The van der Waals surface area contributed by atoms with Crippen molar-refractivity contribution in [3.63, 3.8) is 0 Å². The van der Waals surface area contributed by atoms with Gasteiger partial charge in [-0.2, -0.15) is 5.10 Å². The Bertz CT molecular complexity index is 376. The first-order valence-corrected chi connectivity index (χ1v) is 4.35. The fourth-order valence-electron chi connectivity index (χ4n) is 0.929. The predicted molar refractivity (Wildman–Crippen MR) is 58.7 cm³/mol. The van der Waals surface area contributed by atoms with Gasteiger partial charge in [0.25, 0.3) is 0 Å². The lowest BCUT2D eigenvalue weighted by atomic mass is 10.1. The van der Waals surface area contributed by atoms with Gasteiger partial charge in [-0.05, 0) is 30.8 Å². The molecule has 0 saturated carbocycles. The van der Waals surface area contributed by atoms with E-state index in [1.807, 2.05) is 0 Å². The van der Waals surface area contributed by atoms with Gasteiger partial charge in [0.1, 0.15) is 5.82 Å². The van der Waals surface area contributed by atoms with Crippen LogP contribution in [0.1, 0.15) is 11.1 Å². The lowest BCUT2D eigenvalue weighted by Gasteiger charge is -2.00. The fourth-order valence-corrected chi connectivity index (χ4v) is 0.982. The van der Waals surface area contributed by atoms with Gasteiger partial charge in [0.05, 0.1) is 6.21 Å². The molecule has 3 nitrogen and oxygen atoms in total. The van der Waals surface area contributed by atoms with E-state index in [4.69, 9.17) is 5.73 Å². The van der Waals surface area contributed by atoms with Crippen molar-refractivity contribution in [3.8, 4) is 0 Å². The zero-order valence-electron chi connectivity index (χ0n) is 7.62. The van der Waals surface area contributed by atoms with Crippen LogP contribution in [0.3, 0.4) is 0 Å². The highest BCUT2D eigenvalue weighted by Crippen LogP contribution is 2.09. The number of benzene rings is 1. The maximum Gasteiger partial charge on any atom is 0.184 e. The smallest absolute Gasteiger partial charge is 0.184 e. The van der Waals surface area contributed by atoms with Crippen molar-refractivity contribution in [3.05, 3.63) is 35.1 Å². The second kappa shape index (κ2) is 4.66. The molecule has 1 aromatic rings. The standard InChI is InChI=1S/C9H10FN3S/c1-6-7(3-2-4-8(6)10)5-12-13-9(11)14/h2-5H,1H3,(H3,11,13,14). The second-order valence-corrected chi connectivity index (χ2v) is 3.13. The molecular formula is C9H10FN3S. The van der Waals surface area contributed by atoms with Crippen LogP contribution in [0.4, 0.5) is 4.39 Å². The van der Waals surface area contributed by atoms with Gasteiger partial charge in [-0.3, -0.25) is 5.43 Å². The third-order valence-corrected chi connectivity index (χ3v) is 1.78. The van der Waals surface area contributed by atoms with Gasteiger partial charge in [-0.15, -0.1) is 0 Å². The molecule has 0 spiro atoms. The highest BCUT2D eigenvalue weighted by molar-refractivity contribution is 7.80. The van der Waals surface area contributed by atoms with E-state index in [1.165, 1.54) is 12.3 Å². The number of halogens is 1. The molecule has 1 rings (SSSR count). The van der Waals surface area contributed by atoms with Crippen molar-refractivity contribution in [2.75, 3.05) is 0 Å². The summed E-state index contributed by atoms with van der Waals surface area (Å²) in [4.78, 5) is 0. The number of hydrogen-bond donors (Lipinski definition) is 2. The summed E-state index contributed by atoms with van der Waals surface area (Å²) in [5.74, 6) is -0.260. The first kappa shape index (κ1) is 10.6. The Morgan fingerprint density at radius 2 is 2.36 bits per heavy atom. The van der Waals surface area contributed by atoms with Gasteiger partial charge in [0.15, 0.2) is 5.11 Å². The molecule has 0 aliphatic heterocycles. The summed E-state index contributed by atoms with van der Waals surface area (Å²) in [7, 11) is 0. The molecule has 0 radical (unpaired) electrons. The van der Waals surface area contributed by atoms with Gasteiger partial charge in [0, 0.05) is 5.56 Å². The van der Waals surface area contributed by atoms with Crippen LogP contribution in [0.15, 0.2) is 23.3 Å². The van der Waals surface area contributed by atoms with Crippen LogP contribution in [0.5, 0.6) is 0 Å². The van der Waals surface area contributed by atoms with Crippen LogP contribution in [0.25, 0.3) is 0 Å². The first-order valence-electron chi connectivity index (χ1n) is 3.95. The van der Waals surface area contributed by atoms with E-state index in [2.05, 4.69) is 22.7 Å². The molecule has 74 valence electrons. The van der Waals surface area contributed by atoms with Gasteiger partial charge >= 0.3 is 0 Å². The number of rotatable bonds is 2. The minimum Gasteiger partial charge on any atom is -0.375 e. The van der Waals surface area contributed by atoms with E-state index < -0.39 is 0 Å². The quantitative estimate of drug-likeness (QED) is 0.440. The number of hydrogen-bond acceptors (Lipinski definition) is 2. The number of hydrazone groups is 1. The van der Waals surface area contributed by atoms with Crippen molar-refractivity contribution in [2.45, 2.75) is 6.92 Å². The Balaban J connectivity index is 2.81. The van der Waals surface area contributed by atoms with Crippen molar-refractivity contribution < 1.29 is 4.39 Å². The molecule has 0 aliphatic carbocycles. The lowest BCUT2D eigenvalue weighted by molar-refractivity contribution is 0.618. The maximum absolute atomic E-state index is 13.0. The highest BCUT2D eigenvalue weighted by atomic mass is 32.1. The van der Waals surface area contributed by atoms with Crippen molar-refractivity contribution in [1.29, 1.82) is 0 Å². The Morgan fingerprint density at radius 3 is 3.00 bits per heavy atom. The number of nitrogens with zero attached hydrogens (tertiary/aromatic N) is 1. The molecule has 0 saturated heterocycles. The fraction of sp³-hybridized carbons (Fsp3) is 0.111. The van der Waals surface area contributed by atoms with E-state index in [0.29, 0.717) is 11.1 Å². The Morgan fingerprint density at radius 1 is 1.64 bits per heavy atom. The van der Waals surface area contributed by atoms with Crippen LogP contribution in [0, 0.1) is 12.7 Å². The number of nitrogens with two attached hydrogens (primary N) is 1. The molecule has 0 fully saturated rings. The molecule has 0 bridgehead atoms. The predicted octanol–water partition coefficient (Wildman–Crippen LogP) is 1.30. The molecular weight excluding hydrogens is 201 g/mol. The van der Waals surface area contributed by atoms with Crippen molar-refractivity contribution in [2.24, 2.45) is 10.8 Å². The molecule has 5 heteroatoms. The van der Waals surface area contributed by atoms with E-state index in [9.17, 15) is 4.39 Å². The zero-order valence-corrected chi connectivity index (χ0v) is 8.44. The van der Waals surface area contributed by atoms with Gasteiger partial charge in [-0.25, -0.2) is 4.39 Å². The summed E-state index contributed by atoms with van der Waals surface area (Å²) < 4.78 is 13.0. The third kappa shape index (κ3) is 2.77. The number of nitrogens with one attached hydrogen (secondary N) is 1. The first-order chi connectivity index (χ1) is 6.61. The van der Waals surface area contributed by atoms with Crippen LogP contribution in [-0.4, -0.2) is 11.3 Å². The minimum atomic E-state index is -0.260. The van der Waals surface area contributed by atoms with E-state index in [0.717, 1.165) is 0 Å². The van der Waals surface area contributed by atoms with Gasteiger partial charge in [-0.1, -0.05) is 12.1 Å². The third-order valence-electron chi connectivity index (χ3n) is 1.69. The van der Waals surface area contributed by atoms with Crippen molar-refractivity contribution >= 4 is 23.5 Å². The van der Waals surface area contributed by atoms with Crippen LogP contribution < -0.4 is 11.2 Å². The molecule has 14 heavy (non-hydrogen) atoms. The summed E-state index contributed by atoms with van der Waals surface area (Å²) >= 11 is 4.55. The number of thiocarbonyl (C=S) groups is 1. The van der Waals surface area contributed by atoms with Gasteiger partial charge in [0.2, 0.25) is 0 Å². The molecule has 0 heterocycles. The van der Waals surface area contributed by atoms with E-state index >= 15 is 0 Å². The summed E-state index contributed by atoms with van der Waals surface area (Å²) in [6, 6.07) is 4.77. The Labute approximate surface area is 86.8 Å². The summed E-state index contributed by atoms with van der Waals surface area (Å²) in [6.45, 7) is 1.68. The van der Waals surface area contributed by atoms with Crippen LogP contribution >= 0.6 is 12.2 Å². The Kier molecular flexibility index (Phi) is 3.53. The molecule has 0 aromatic heterocycles. The molecule has 0 atom stereocenters. The highest BCUT2D eigenvalue weighted by Gasteiger charge is 1.99. The molecule has 3 N–H and O–H groups in total. The normalized spacial score (nSPS) is 10.4. The summed E-state index contributed by atoms with van der Waals surface area (Å²) in [5.41, 5.74) is 8.79. The van der Waals surface area contributed by atoms with E-state index in [-0.39, 0.29) is 10.9 Å². The monoisotopic (exact) mass is 211 g/mol. The summed E-state index contributed by atoms with van der Waals surface area (Å²) in [6.07, 6.45) is 1.47. The topological polar surface area (TPSA) is 50.4 Å².